The highest BCUT2D eigenvalue weighted by Crippen LogP contribution is 2.24. The number of benzene rings is 2. The molecular formula is C24H23NO4. The average Bonchev–Trinajstić information content (AvgIpc) is 2.76. The Hall–Kier alpha value is -3.60. The summed E-state index contributed by atoms with van der Waals surface area (Å²) in [5.74, 6) is 1.21. The normalized spacial score (nSPS) is 16.8. The van der Waals surface area contributed by atoms with Crippen molar-refractivity contribution in [2.75, 3.05) is 27.3 Å². The molecule has 1 aliphatic heterocycles. The summed E-state index contributed by atoms with van der Waals surface area (Å²) in [6.45, 7) is 4.06. The maximum Gasteiger partial charge on any atom is 0.246 e. The van der Waals surface area contributed by atoms with Crippen molar-refractivity contribution in [3.63, 3.8) is 0 Å². The Morgan fingerprint density at radius 3 is 1.62 bits per heavy atom. The second-order valence-electron chi connectivity index (χ2n) is 6.61. The minimum Gasteiger partial charge on any atom is -0.497 e. The Labute approximate surface area is 170 Å². The maximum absolute atomic E-state index is 13.1. The number of carbonyl (C=O) groups is 2. The van der Waals surface area contributed by atoms with Crippen LogP contribution in [0, 0.1) is 0 Å². The number of piperidine rings is 1. The lowest BCUT2D eigenvalue weighted by atomic mass is 9.94. The Kier molecular flexibility index (Phi) is 6.29. The van der Waals surface area contributed by atoms with Gasteiger partial charge in [0.05, 0.1) is 27.3 Å². The molecule has 0 spiro atoms. The highest BCUT2D eigenvalue weighted by Gasteiger charge is 2.28. The van der Waals surface area contributed by atoms with Gasteiger partial charge in [0, 0.05) is 11.1 Å². The van der Waals surface area contributed by atoms with Crippen molar-refractivity contribution in [1.82, 2.24) is 4.90 Å². The highest BCUT2D eigenvalue weighted by molar-refractivity contribution is 6.15. The van der Waals surface area contributed by atoms with Gasteiger partial charge in [0.25, 0.3) is 0 Å². The molecule has 2 aromatic rings. The molecule has 1 saturated heterocycles. The minimum absolute atomic E-state index is 0.0650. The summed E-state index contributed by atoms with van der Waals surface area (Å²) in [7, 11) is 3.21. The minimum atomic E-state index is -0.209. The Bertz CT molecular complexity index is 899. The van der Waals surface area contributed by atoms with E-state index in [1.807, 2.05) is 60.7 Å². The van der Waals surface area contributed by atoms with Gasteiger partial charge in [-0.3, -0.25) is 9.59 Å². The fourth-order valence-corrected chi connectivity index (χ4v) is 3.13. The summed E-state index contributed by atoms with van der Waals surface area (Å²) in [6.07, 6.45) is 4.89. The zero-order valence-electron chi connectivity index (χ0n) is 16.6. The van der Waals surface area contributed by atoms with Crippen LogP contribution in [-0.4, -0.2) is 43.9 Å². The van der Waals surface area contributed by atoms with Crippen LogP contribution in [0.2, 0.25) is 0 Å². The lowest BCUT2D eigenvalue weighted by Crippen LogP contribution is -2.40. The first-order valence-electron chi connectivity index (χ1n) is 9.19. The Morgan fingerprint density at radius 2 is 1.28 bits per heavy atom. The van der Waals surface area contributed by atoms with E-state index in [1.54, 1.807) is 19.1 Å². The Balaban J connectivity index is 1.95. The van der Waals surface area contributed by atoms with Crippen molar-refractivity contribution in [2.45, 2.75) is 0 Å². The number of Topliss-reactive ketones (excluding diaryl/α,β-unsaturated/α-hetero) is 1. The summed E-state index contributed by atoms with van der Waals surface area (Å²) in [5, 5.41) is 0. The molecule has 0 atom stereocenters. The van der Waals surface area contributed by atoms with E-state index in [0.29, 0.717) is 11.1 Å². The fourth-order valence-electron chi connectivity index (χ4n) is 3.13. The van der Waals surface area contributed by atoms with E-state index >= 15 is 0 Å². The third-order valence-electron chi connectivity index (χ3n) is 4.71. The predicted molar refractivity (Wildman–Crippen MR) is 114 cm³/mol. The molecule has 29 heavy (non-hydrogen) atoms. The molecule has 5 heteroatoms. The summed E-state index contributed by atoms with van der Waals surface area (Å²) >= 11 is 0. The molecule has 0 aliphatic carbocycles. The highest BCUT2D eigenvalue weighted by atomic mass is 16.5. The number of nitrogens with zero attached hydrogens (tertiary/aromatic N) is 1. The lowest BCUT2D eigenvalue weighted by molar-refractivity contribution is -0.126. The number of hydrogen-bond acceptors (Lipinski definition) is 4. The molecule has 0 radical (unpaired) electrons. The molecule has 1 amide bonds. The molecule has 2 aromatic carbocycles. The molecule has 0 bridgehead atoms. The first kappa shape index (κ1) is 20.1. The van der Waals surface area contributed by atoms with Crippen molar-refractivity contribution >= 4 is 23.8 Å². The summed E-state index contributed by atoms with van der Waals surface area (Å²) in [4.78, 5) is 26.9. The summed E-state index contributed by atoms with van der Waals surface area (Å²) in [6, 6.07) is 14.8. The van der Waals surface area contributed by atoms with Crippen LogP contribution < -0.4 is 9.47 Å². The third-order valence-corrected chi connectivity index (χ3v) is 4.71. The van der Waals surface area contributed by atoms with Gasteiger partial charge in [-0.05, 0) is 53.6 Å². The molecule has 0 unspecified atom stereocenters. The first-order valence-corrected chi connectivity index (χ1v) is 9.19. The van der Waals surface area contributed by atoms with Crippen molar-refractivity contribution < 1.29 is 19.1 Å². The topological polar surface area (TPSA) is 55.8 Å². The second-order valence-corrected chi connectivity index (χ2v) is 6.61. The molecule has 148 valence electrons. The zero-order valence-corrected chi connectivity index (χ0v) is 16.6. The molecule has 1 aliphatic rings. The SMILES string of the molecule is C=CC(=O)N1C/C(=C\c2ccc(OC)cc2)C(=O)/C(=C/c2ccc(OC)cc2)C1. The lowest BCUT2D eigenvalue weighted by Gasteiger charge is -2.29. The molecule has 0 N–H and O–H groups in total. The van der Waals surface area contributed by atoms with Crippen molar-refractivity contribution in [3.8, 4) is 11.5 Å². The van der Waals surface area contributed by atoms with E-state index in [4.69, 9.17) is 9.47 Å². The van der Waals surface area contributed by atoms with E-state index in [2.05, 4.69) is 6.58 Å². The van der Waals surface area contributed by atoms with Crippen LogP contribution in [0.4, 0.5) is 0 Å². The van der Waals surface area contributed by atoms with Gasteiger partial charge >= 0.3 is 0 Å². The van der Waals surface area contributed by atoms with Crippen LogP contribution in [0.5, 0.6) is 11.5 Å². The molecule has 5 nitrogen and oxygen atoms in total. The van der Waals surface area contributed by atoms with E-state index in [1.165, 1.54) is 6.08 Å². The van der Waals surface area contributed by atoms with E-state index < -0.39 is 0 Å². The van der Waals surface area contributed by atoms with Crippen LogP contribution in [0.1, 0.15) is 11.1 Å². The van der Waals surface area contributed by atoms with Crippen molar-refractivity contribution in [1.29, 1.82) is 0 Å². The molecule has 1 fully saturated rings. The van der Waals surface area contributed by atoms with Gasteiger partial charge in [-0.2, -0.15) is 0 Å². The van der Waals surface area contributed by atoms with Gasteiger partial charge in [-0.15, -0.1) is 0 Å². The van der Waals surface area contributed by atoms with Crippen LogP contribution in [0.25, 0.3) is 12.2 Å². The monoisotopic (exact) mass is 389 g/mol. The van der Waals surface area contributed by atoms with Crippen LogP contribution in [0.15, 0.2) is 72.3 Å². The summed E-state index contributed by atoms with van der Waals surface area (Å²) < 4.78 is 10.3. The Morgan fingerprint density at radius 1 is 0.862 bits per heavy atom. The predicted octanol–water partition coefficient (Wildman–Crippen LogP) is 3.77. The number of ketones is 1. The molecule has 0 aromatic heterocycles. The second kappa shape index (κ2) is 9.06. The van der Waals surface area contributed by atoms with Gasteiger partial charge in [0.2, 0.25) is 5.91 Å². The average molecular weight is 389 g/mol. The number of likely N-dealkylation sites (tertiary alicyclic amines) is 1. The smallest absolute Gasteiger partial charge is 0.246 e. The van der Waals surface area contributed by atoms with Gasteiger partial charge in [0.15, 0.2) is 5.78 Å². The number of ether oxygens (including phenoxy) is 2. The number of rotatable bonds is 5. The fraction of sp³-hybridized carbons (Fsp3) is 0.167. The van der Waals surface area contributed by atoms with Gasteiger partial charge in [0.1, 0.15) is 11.5 Å². The largest absolute Gasteiger partial charge is 0.497 e. The van der Waals surface area contributed by atoms with Crippen LogP contribution in [0.3, 0.4) is 0 Å². The van der Waals surface area contributed by atoms with Gasteiger partial charge in [-0.1, -0.05) is 30.8 Å². The standard InChI is InChI=1S/C24H23NO4/c1-4-23(26)25-15-19(13-17-5-9-21(28-2)10-6-17)24(27)20(16-25)14-18-7-11-22(29-3)12-8-18/h4-14H,1,15-16H2,2-3H3/b19-13+,20-14+. The summed E-state index contributed by atoms with van der Waals surface area (Å²) in [5.41, 5.74) is 2.84. The molecule has 1 heterocycles. The number of methoxy groups -OCH3 is 2. The first-order chi connectivity index (χ1) is 14.0. The van der Waals surface area contributed by atoms with Crippen molar-refractivity contribution in [2.24, 2.45) is 0 Å². The van der Waals surface area contributed by atoms with Crippen LogP contribution in [-0.2, 0) is 9.59 Å². The maximum atomic E-state index is 13.1. The number of amides is 1. The van der Waals surface area contributed by atoms with E-state index in [9.17, 15) is 9.59 Å². The van der Waals surface area contributed by atoms with E-state index in [0.717, 1.165) is 22.6 Å². The molecule has 3 rings (SSSR count). The molecule has 0 saturated carbocycles. The number of carbonyl (C=O) groups excluding carboxylic acids is 2. The van der Waals surface area contributed by atoms with Gasteiger partial charge in [-0.25, -0.2) is 0 Å². The zero-order chi connectivity index (χ0) is 20.8. The van der Waals surface area contributed by atoms with E-state index in [-0.39, 0.29) is 24.8 Å². The van der Waals surface area contributed by atoms with Crippen molar-refractivity contribution in [3.05, 3.63) is 83.5 Å². The number of hydrogen-bond donors (Lipinski definition) is 0. The quantitative estimate of drug-likeness (QED) is 0.731. The third kappa shape index (κ3) is 4.82. The molecular weight excluding hydrogens is 366 g/mol. The van der Waals surface area contributed by atoms with Crippen LogP contribution >= 0.6 is 0 Å². The van der Waals surface area contributed by atoms with Gasteiger partial charge < -0.3 is 14.4 Å².